The summed E-state index contributed by atoms with van der Waals surface area (Å²) in [7, 11) is 0. The van der Waals surface area contributed by atoms with Crippen LogP contribution in [0.1, 0.15) is 82.5 Å². The average molecular weight is 560 g/mol. The summed E-state index contributed by atoms with van der Waals surface area (Å²) in [4.78, 5) is 18.1. The zero-order valence-electron chi connectivity index (χ0n) is 24.4. The number of carbonyl (C=O) groups excluding carboxylic acids is 1. The van der Waals surface area contributed by atoms with E-state index in [0.717, 1.165) is 37.1 Å². The van der Waals surface area contributed by atoms with Crippen LogP contribution in [0.4, 0.5) is 13.2 Å². The maximum absolute atomic E-state index is 13.6. The molecule has 2 aliphatic rings. The van der Waals surface area contributed by atoms with Crippen molar-refractivity contribution >= 4 is 5.91 Å². The number of piperazine rings is 1. The lowest BCUT2D eigenvalue weighted by atomic mass is 9.81. The lowest BCUT2D eigenvalue weighted by Crippen LogP contribution is -2.60. The number of hydrogen-bond acceptors (Lipinski definition) is 4. The monoisotopic (exact) mass is 559 g/mol. The van der Waals surface area contributed by atoms with E-state index in [1.54, 1.807) is 12.1 Å². The summed E-state index contributed by atoms with van der Waals surface area (Å²) in [6.07, 6.45) is -2.07. The molecular formula is C32H44F3N3O2. The van der Waals surface area contributed by atoms with Gasteiger partial charge in [0.1, 0.15) is 5.75 Å². The summed E-state index contributed by atoms with van der Waals surface area (Å²) in [6.45, 7) is 14.8. The Morgan fingerprint density at radius 2 is 1.60 bits per heavy atom. The maximum atomic E-state index is 13.6. The van der Waals surface area contributed by atoms with E-state index >= 15 is 0 Å². The van der Waals surface area contributed by atoms with Crippen molar-refractivity contribution in [3.63, 3.8) is 0 Å². The molecule has 2 aromatic rings. The second-order valence-corrected chi connectivity index (χ2v) is 12.7. The van der Waals surface area contributed by atoms with E-state index in [-0.39, 0.29) is 35.1 Å². The molecule has 1 N–H and O–H groups in total. The molecule has 1 amide bonds. The molecule has 0 spiro atoms. The molecule has 0 aromatic heterocycles. The number of carbonyl (C=O) groups is 1. The van der Waals surface area contributed by atoms with Crippen LogP contribution in [0.25, 0.3) is 0 Å². The van der Waals surface area contributed by atoms with Crippen molar-refractivity contribution in [2.24, 2.45) is 11.3 Å². The highest BCUT2D eigenvalue weighted by Gasteiger charge is 2.41. The number of ether oxygens (including phenoxy) is 1. The zero-order valence-corrected chi connectivity index (χ0v) is 24.4. The standard InChI is InChI=1S/C32H44F3N3O2/c1-22(2)26-8-6-7-9-27(26)30(24-10-12-25(13-11-24)40-32(33,34)35)37-18-19-38(28(21-37)31(3,4)5)29(39)20-23-14-16-36-17-15-23/h6-13,22-23,28,30,36H,14-21H2,1-5H3. The lowest BCUT2D eigenvalue weighted by molar-refractivity contribution is -0.274. The Labute approximate surface area is 237 Å². The van der Waals surface area contributed by atoms with Crippen molar-refractivity contribution in [1.82, 2.24) is 15.1 Å². The Bertz CT molecular complexity index is 1120. The summed E-state index contributed by atoms with van der Waals surface area (Å²) in [5.41, 5.74) is 3.11. The van der Waals surface area contributed by atoms with Gasteiger partial charge in [0, 0.05) is 32.1 Å². The number of nitrogens with one attached hydrogen (secondary N) is 1. The van der Waals surface area contributed by atoms with E-state index in [2.05, 4.69) is 66.6 Å². The number of amides is 1. The van der Waals surface area contributed by atoms with Gasteiger partial charge in [-0.1, -0.05) is 71.0 Å². The quantitative estimate of drug-likeness (QED) is 0.408. The van der Waals surface area contributed by atoms with E-state index in [9.17, 15) is 18.0 Å². The number of halogens is 3. The fourth-order valence-electron chi connectivity index (χ4n) is 6.25. The van der Waals surface area contributed by atoms with E-state index in [1.807, 2.05) is 12.1 Å². The molecule has 0 saturated carbocycles. The molecule has 2 aromatic carbocycles. The van der Waals surface area contributed by atoms with E-state index in [4.69, 9.17) is 0 Å². The van der Waals surface area contributed by atoms with Gasteiger partial charge < -0.3 is 15.0 Å². The molecule has 40 heavy (non-hydrogen) atoms. The van der Waals surface area contributed by atoms with Gasteiger partial charge in [0.25, 0.3) is 0 Å². The second-order valence-electron chi connectivity index (χ2n) is 12.7. The van der Waals surface area contributed by atoms with Gasteiger partial charge in [-0.2, -0.15) is 0 Å². The number of hydrogen-bond donors (Lipinski definition) is 1. The van der Waals surface area contributed by atoms with Crippen molar-refractivity contribution in [3.05, 3.63) is 65.2 Å². The predicted octanol–water partition coefficient (Wildman–Crippen LogP) is 6.75. The number of nitrogens with zero attached hydrogens (tertiary/aromatic N) is 2. The van der Waals surface area contributed by atoms with Gasteiger partial charge in [0.2, 0.25) is 5.91 Å². The molecule has 2 aliphatic heterocycles. The summed E-state index contributed by atoms with van der Waals surface area (Å²) in [6, 6.07) is 14.4. The third kappa shape index (κ3) is 7.58. The Balaban J connectivity index is 1.66. The Morgan fingerprint density at radius 1 is 0.975 bits per heavy atom. The van der Waals surface area contributed by atoms with Crippen molar-refractivity contribution in [3.8, 4) is 5.75 Å². The molecule has 4 rings (SSSR count). The van der Waals surface area contributed by atoms with Crippen molar-refractivity contribution in [2.45, 2.75) is 78.2 Å². The van der Waals surface area contributed by atoms with Gasteiger partial charge in [0.15, 0.2) is 0 Å². The van der Waals surface area contributed by atoms with E-state index in [1.165, 1.54) is 17.7 Å². The molecule has 2 heterocycles. The van der Waals surface area contributed by atoms with Crippen LogP contribution in [0, 0.1) is 11.3 Å². The molecule has 220 valence electrons. The SMILES string of the molecule is CC(C)c1ccccc1C(c1ccc(OC(F)(F)F)cc1)N1CCN(C(=O)CC2CCNCC2)C(C(C)(C)C)C1. The van der Waals surface area contributed by atoms with Crippen LogP contribution in [0.3, 0.4) is 0 Å². The first-order valence-electron chi connectivity index (χ1n) is 14.5. The fraction of sp³-hybridized carbons (Fsp3) is 0.594. The summed E-state index contributed by atoms with van der Waals surface area (Å²) < 4.78 is 42.7. The van der Waals surface area contributed by atoms with Gasteiger partial charge in [-0.05, 0) is 72.0 Å². The minimum atomic E-state index is -4.73. The summed E-state index contributed by atoms with van der Waals surface area (Å²) in [5.74, 6) is 0.709. The van der Waals surface area contributed by atoms with Crippen LogP contribution in [0.5, 0.6) is 5.75 Å². The first-order valence-corrected chi connectivity index (χ1v) is 14.5. The molecule has 2 saturated heterocycles. The molecule has 0 radical (unpaired) electrons. The van der Waals surface area contributed by atoms with Crippen LogP contribution in [0.15, 0.2) is 48.5 Å². The Morgan fingerprint density at radius 3 is 2.17 bits per heavy atom. The molecule has 2 unspecified atom stereocenters. The molecule has 0 aliphatic carbocycles. The largest absolute Gasteiger partial charge is 0.573 e. The summed E-state index contributed by atoms with van der Waals surface area (Å²) >= 11 is 0. The molecule has 8 heteroatoms. The highest BCUT2D eigenvalue weighted by atomic mass is 19.4. The van der Waals surface area contributed by atoms with Crippen molar-refractivity contribution in [1.29, 1.82) is 0 Å². The average Bonchev–Trinajstić information content (AvgIpc) is 2.89. The third-order valence-corrected chi connectivity index (χ3v) is 8.36. The second kappa shape index (κ2) is 12.5. The van der Waals surface area contributed by atoms with Gasteiger partial charge in [-0.3, -0.25) is 9.69 Å². The van der Waals surface area contributed by atoms with Crippen molar-refractivity contribution < 1.29 is 22.7 Å². The fourth-order valence-corrected chi connectivity index (χ4v) is 6.25. The molecule has 2 atom stereocenters. The maximum Gasteiger partial charge on any atom is 0.573 e. The minimum absolute atomic E-state index is 0.0111. The summed E-state index contributed by atoms with van der Waals surface area (Å²) in [5, 5.41) is 3.38. The molecule has 2 fully saturated rings. The van der Waals surface area contributed by atoms with Crippen LogP contribution >= 0.6 is 0 Å². The molecular weight excluding hydrogens is 515 g/mol. The highest BCUT2D eigenvalue weighted by molar-refractivity contribution is 5.77. The van der Waals surface area contributed by atoms with Crippen LogP contribution in [-0.4, -0.2) is 60.8 Å². The zero-order chi connectivity index (χ0) is 29.1. The number of alkyl halides is 3. The minimum Gasteiger partial charge on any atom is -0.406 e. The first kappa shape index (κ1) is 30.4. The smallest absolute Gasteiger partial charge is 0.406 e. The first-order chi connectivity index (χ1) is 18.8. The molecule has 5 nitrogen and oxygen atoms in total. The Kier molecular flexibility index (Phi) is 9.51. The van der Waals surface area contributed by atoms with Crippen LogP contribution < -0.4 is 10.1 Å². The van der Waals surface area contributed by atoms with E-state index < -0.39 is 6.36 Å². The highest BCUT2D eigenvalue weighted by Crippen LogP contribution is 2.39. The normalized spacial score (nSPS) is 20.5. The van der Waals surface area contributed by atoms with Crippen LogP contribution in [-0.2, 0) is 4.79 Å². The lowest BCUT2D eigenvalue weighted by Gasteiger charge is -2.50. The van der Waals surface area contributed by atoms with Gasteiger partial charge >= 0.3 is 6.36 Å². The predicted molar refractivity (Wildman–Crippen MR) is 152 cm³/mol. The number of benzene rings is 2. The Hall–Kier alpha value is -2.58. The van der Waals surface area contributed by atoms with Crippen LogP contribution in [0.2, 0.25) is 0 Å². The van der Waals surface area contributed by atoms with Gasteiger partial charge in [-0.25, -0.2) is 0 Å². The van der Waals surface area contributed by atoms with Gasteiger partial charge in [0.05, 0.1) is 6.04 Å². The topological polar surface area (TPSA) is 44.8 Å². The van der Waals surface area contributed by atoms with Gasteiger partial charge in [-0.15, -0.1) is 13.2 Å². The third-order valence-electron chi connectivity index (χ3n) is 8.36. The van der Waals surface area contributed by atoms with E-state index in [0.29, 0.717) is 32.0 Å². The number of rotatable bonds is 7. The number of piperidine rings is 1. The van der Waals surface area contributed by atoms with Crippen molar-refractivity contribution in [2.75, 3.05) is 32.7 Å². The molecule has 0 bridgehead atoms.